The molecule has 1 atom stereocenters. The molecule has 0 aliphatic heterocycles. The first-order valence-electron chi connectivity index (χ1n) is 9.54. The number of aliphatic hydroxyl groups excluding tert-OH is 1. The Bertz CT molecular complexity index is 1350. The summed E-state index contributed by atoms with van der Waals surface area (Å²) in [5.74, 6) is 0. The van der Waals surface area contributed by atoms with Gasteiger partial charge in [-0.25, -0.2) is 18.2 Å². The van der Waals surface area contributed by atoms with Crippen LogP contribution in [0.2, 0.25) is 5.02 Å². The first-order chi connectivity index (χ1) is 14.8. The van der Waals surface area contributed by atoms with Crippen LogP contribution < -0.4 is 5.14 Å². The lowest BCUT2D eigenvalue weighted by Gasteiger charge is -2.08. The SMILES string of the molecule is CCC(O)c1cc(-c2ccc(-c3cccc(S(N)(=O)=O)c3)s2)n(-c2ccccc2Cl)n1. The highest BCUT2D eigenvalue weighted by Crippen LogP contribution is 2.38. The molecular weight excluding hydrogens is 454 g/mol. The van der Waals surface area contributed by atoms with Crippen molar-refractivity contribution in [3.63, 3.8) is 0 Å². The minimum Gasteiger partial charge on any atom is -0.387 e. The highest BCUT2D eigenvalue weighted by molar-refractivity contribution is 7.89. The Balaban J connectivity index is 1.82. The van der Waals surface area contributed by atoms with Crippen molar-refractivity contribution in [1.82, 2.24) is 9.78 Å². The van der Waals surface area contributed by atoms with E-state index in [2.05, 4.69) is 5.10 Å². The first kappa shape index (κ1) is 21.7. The van der Waals surface area contributed by atoms with Crippen molar-refractivity contribution < 1.29 is 13.5 Å². The van der Waals surface area contributed by atoms with Crippen LogP contribution in [0.3, 0.4) is 0 Å². The fourth-order valence-corrected chi connectivity index (χ4v) is 4.99. The van der Waals surface area contributed by atoms with E-state index in [0.29, 0.717) is 22.8 Å². The highest BCUT2D eigenvalue weighted by Gasteiger charge is 2.19. The number of primary sulfonamides is 1. The van der Waals surface area contributed by atoms with E-state index in [1.807, 2.05) is 49.4 Å². The second-order valence-electron chi connectivity index (χ2n) is 6.98. The van der Waals surface area contributed by atoms with Gasteiger partial charge in [-0.2, -0.15) is 5.10 Å². The molecular formula is C22H20ClN3O3S2. The maximum Gasteiger partial charge on any atom is 0.238 e. The Morgan fingerprint density at radius 2 is 1.84 bits per heavy atom. The topological polar surface area (TPSA) is 98.2 Å². The van der Waals surface area contributed by atoms with Crippen LogP contribution in [0.4, 0.5) is 0 Å². The van der Waals surface area contributed by atoms with Gasteiger partial charge in [-0.3, -0.25) is 0 Å². The van der Waals surface area contributed by atoms with Crippen LogP contribution in [-0.2, 0) is 10.0 Å². The molecule has 0 bridgehead atoms. The fraction of sp³-hybridized carbons (Fsp3) is 0.136. The van der Waals surface area contributed by atoms with Gasteiger partial charge in [0.15, 0.2) is 0 Å². The van der Waals surface area contributed by atoms with Gasteiger partial charge in [-0.15, -0.1) is 11.3 Å². The predicted molar refractivity (Wildman–Crippen MR) is 124 cm³/mol. The van der Waals surface area contributed by atoms with E-state index in [-0.39, 0.29) is 4.90 Å². The molecule has 2 aromatic heterocycles. The summed E-state index contributed by atoms with van der Waals surface area (Å²) in [6.07, 6.45) is -0.150. The molecule has 9 heteroatoms. The summed E-state index contributed by atoms with van der Waals surface area (Å²) in [5.41, 5.74) is 2.80. The summed E-state index contributed by atoms with van der Waals surface area (Å²) >= 11 is 7.90. The number of halogens is 1. The summed E-state index contributed by atoms with van der Waals surface area (Å²) in [6, 6.07) is 19.6. The summed E-state index contributed by atoms with van der Waals surface area (Å²) in [6.45, 7) is 1.89. The summed E-state index contributed by atoms with van der Waals surface area (Å²) in [4.78, 5) is 1.84. The maximum absolute atomic E-state index is 11.7. The highest BCUT2D eigenvalue weighted by atomic mass is 35.5. The van der Waals surface area contributed by atoms with Gasteiger partial charge in [0, 0.05) is 4.88 Å². The number of hydrogen-bond acceptors (Lipinski definition) is 5. The zero-order valence-corrected chi connectivity index (χ0v) is 19.0. The number of aromatic nitrogens is 2. The second-order valence-corrected chi connectivity index (χ2v) is 10.0. The molecule has 0 fully saturated rings. The Morgan fingerprint density at radius 1 is 1.10 bits per heavy atom. The third kappa shape index (κ3) is 4.44. The monoisotopic (exact) mass is 473 g/mol. The molecule has 3 N–H and O–H groups in total. The smallest absolute Gasteiger partial charge is 0.238 e. The second kappa shape index (κ2) is 8.57. The van der Waals surface area contributed by atoms with Gasteiger partial charge in [0.25, 0.3) is 0 Å². The number of rotatable bonds is 6. The molecule has 0 saturated carbocycles. The number of benzene rings is 2. The Morgan fingerprint density at radius 3 is 2.55 bits per heavy atom. The van der Waals surface area contributed by atoms with Crippen LogP contribution in [0.5, 0.6) is 0 Å². The van der Waals surface area contributed by atoms with E-state index in [1.54, 1.807) is 22.9 Å². The van der Waals surface area contributed by atoms with Crippen LogP contribution in [0.1, 0.15) is 25.1 Å². The molecule has 4 aromatic rings. The van der Waals surface area contributed by atoms with E-state index in [0.717, 1.165) is 21.0 Å². The number of aliphatic hydroxyl groups is 1. The van der Waals surface area contributed by atoms with E-state index in [9.17, 15) is 13.5 Å². The molecule has 31 heavy (non-hydrogen) atoms. The van der Waals surface area contributed by atoms with Crippen molar-refractivity contribution in [1.29, 1.82) is 0 Å². The van der Waals surface area contributed by atoms with Crippen molar-refractivity contribution in [3.8, 4) is 26.7 Å². The lowest BCUT2D eigenvalue weighted by molar-refractivity contribution is 0.168. The molecule has 2 heterocycles. The average Bonchev–Trinajstić information content (AvgIpc) is 3.40. The summed E-state index contributed by atoms with van der Waals surface area (Å²) in [7, 11) is -3.79. The molecule has 0 saturated heterocycles. The van der Waals surface area contributed by atoms with Gasteiger partial charge >= 0.3 is 0 Å². The van der Waals surface area contributed by atoms with Gasteiger partial charge in [-0.05, 0) is 54.4 Å². The number of hydrogen-bond donors (Lipinski definition) is 2. The van der Waals surface area contributed by atoms with Crippen LogP contribution in [-0.4, -0.2) is 23.3 Å². The molecule has 0 amide bonds. The Kier molecular flexibility index (Phi) is 6.00. The molecule has 0 radical (unpaired) electrons. The normalized spacial score (nSPS) is 12.8. The van der Waals surface area contributed by atoms with Crippen LogP contribution in [0.25, 0.3) is 26.7 Å². The zero-order chi connectivity index (χ0) is 22.2. The Labute approximate surface area is 189 Å². The predicted octanol–water partition coefficient (Wildman–Crippen LogP) is 5.01. The van der Waals surface area contributed by atoms with Gasteiger partial charge in [0.05, 0.1) is 38.0 Å². The molecule has 1 unspecified atom stereocenters. The molecule has 2 aromatic carbocycles. The minimum atomic E-state index is -3.79. The molecule has 160 valence electrons. The number of para-hydroxylation sites is 1. The lowest BCUT2D eigenvalue weighted by Crippen LogP contribution is -2.11. The van der Waals surface area contributed by atoms with Gasteiger partial charge in [-0.1, -0.05) is 42.8 Å². The molecule has 0 aliphatic rings. The molecule has 0 spiro atoms. The number of nitrogens with zero attached hydrogens (tertiary/aromatic N) is 2. The largest absolute Gasteiger partial charge is 0.387 e. The zero-order valence-electron chi connectivity index (χ0n) is 16.6. The quantitative estimate of drug-likeness (QED) is 0.411. The van der Waals surface area contributed by atoms with Gasteiger partial charge < -0.3 is 5.11 Å². The number of nitrogens with two attached hydrogens (primary N) is 1. The van der Waals surface area contributed by atoms with Crippen molar-refractivity contribution in [2.24, 2.45) is 5.14 Å². The third-order valence-corrected chi connectivity index (χ3v) is 7.23. The molecule has 4 rings (SSSR count). The van der Waals surface area contributed by atoms with Crippen molar-refractivity contribution in [2.45, 2.75) is 24.3 Å². The van der Waals surface area contributed by atoms with Crippen molar-refractivity contribution in [2.75, 3.05) is 0 Å². The van der Waals surface area contributed by atoms with Crippen LogP contribution in [0, 0.1) is 0 Å². The minimum absolute atomic E-state index is 0.0643. The molecule has 0 aliphatic carbocycles. The summed E-state index contributed by atoms with van der Waals surface area (Å²) < 4.78 is 25.1. The van der Waals surface area contributed by atoms with E-state index >= 15 is 0 Å². The fourth-order valence-electron chi connectivity index (χ4n) is 3.21. The van der Waals surface area contributed by atoms with Crippen molar-refractivity contribution in [3.05, 3.63) is 77.4 Å². The van der Waals surface area contributed by atoms with Crippen molar-refractivity contribution >= 4 is 33.0 Å². The number of thiophene rings is 1. The van der Waals surface area contributed by atoms with E-state index in [1.165, 1.54) is 17.4 Å². The van der Waals surface area contributed by atoms with Crippen LogP contribution >= 0.6 is 22.9 Å². The van der Waals surface area contributed by atoms with E-state index in [4.69, 9.17) is 16.7 Å². The maximum atomic E-state index is 11.7. The lowest BCUT2D eigenvalue weighted by atomic mass is 10.2. The Hall–Kier alpha value is -2.49. The number of sulfonamides is 1. The molecule has 6 nitrogen and oxygen atoms in total. The van der Waals surface area contributed by atoms with Gasteiger partial charge in [0.1, 0.15) is 0 Å². The third-order valence-electron chi connectivity index (χ3n) is 4.84. The first-order valence-corrected chi connectivity index (χ1v) is 12.3. The van der Waals surface area contributed by atoms with E-state index < -0.39 is 16.1 Å². The standard InChI is InChI=1S/C22H20ClN3O3S2/c1-2-20(27)17-13-19(26(25-17)18-9-4-3-8-16(18)23)22-11-10-21(30-22)14-6-5-7-15(12-14)31(24,28)29/h3-13,20,27H,2H2,1H3,(H2,24,28,29). The summed E-state index contributed by atoms with van der Waals surface area (Å²) in [5, 5.41) is 20.8. The van der Waals surface area contributed by atoms with Crippen LogP contribution in [0.15, 0.2) is 71.6 Å². The van der Waals surface area contributed by atoms with Gasteiger partial charge in [0.2, 0.25) is 10.0 Å². The average molecular weight is 474 g/mol.